The molecule has 0 saturated carbocycles. The maximum absolute atomic E-state index is 12.1. The first-order valence-corrected chi connectivity index (χ1v) is 8.45. The highest BCUT2D eigenvalue weighted by molar-refractivity contribution is 5.74. The summed E-state index contributed by atoms with van der Waals surface area (Å²) in [6, 6.07) is 8.47. The molecule has 1 aliphatic heterocycles. The van der Waals surface area contributed by atoms with E-state index in [4.69, 9.17) is 0 Å². The fourth-order valence-electron chi connectivity index (χ4n) is 3.00. The lowest BCUT2D eigenvalue weighted by Crippen LogP contribution is -2.46. The molecule has 3 rings (SSSR count). The average Bonchev–Trinajstić information content (AvgIpc) is 3.08. The van der Waals surface area contributed by atoms with Crippen LogP contribution in [0.4, 0.5) is 4.79 Å². The maximum Gasteiger partial charge on any atom is 0.315 e. The summed E-state index contributed by atoms with van der Waals surface area (Å²) in [5, 5.41) is 6.03. The number of hydrogen-bond donors (Lipinski definition) is 2. The zero-order valence-corrected chi connectivity index (χ0v) is 14.1. The molecule has 0 radical (unpaired) electrons. The molecule has 24 heavy (non-hydrogen) atoms. The summed E-state index contributed by atoms with van der Waals surface area (Å²) in [6.07, 6.45) is 7.56. The van der Waals surface area contributed by atoms with Gasteiger partial charge in [0, 0.05) is 31.5 Å². The Hall–Kier alpha value is -2.34. The van der Waals surface area contributed by atoms with E-state index in [9.17, 15) is 4.79 Å². The van der Waals surface area contributed by atoms with Crippen LogP contribution in [-0.4, -0.2) is 46.7 Å². The minimum atomic E-state index is -0.0791. The maximum atomic E-state index is 12.1. The van der Waals surface area contributed by atoms with E-state index in [1.165, 1.54) is 5.56 Å². The normalized spacial score (nSPS) is 16.0. The third-order valence-electron chi connectivity index (χ3n) is 4.42. The van der Waals surface area contributed by atoms with E-state index in [1.807, 2.05) is 22.9 Å². The molecule has 0 bridgehead atoms. The molecular formula is C18H25N5O. The highest BCUT2D eigenvalue weighted by Crippen LogP contribution is 2.09. The minimum Gasteiger partial charge on any atom is -0.335 e. The smallest absolute Gasteiger partial charge is 0.315 e. The number of aromatic nitrogens is 2. The van der Waals surface area contributed by atoms with E-state index in [2.05, 4.69) is 39.7 Å². The molecule has 0 atom stereocenters. The van der Waals surface area contributed by atoms with Crippen molar-refractivity contribution in [1.82, 2.24) is 25.1 Å². The molecule has 1 aromatic carbocycles. The summed E-state index contributed by atoms with van der Waals surface area (Å²) < 4.78 is 2.03. The molecule has 6 nitrogen and oxygen atoms in total. The quantitative estimate of drug-likeness (QED) is 0.881. The average molecular weight is 327 g/mol. The van der Waals surface area contributed by atoms with Gasteiger partial charge in [0.1, 0.15) is 0 Å². The number of urea groups is 1. The Morgan fingerprint density at radius 3 is 2.83 bits per heavy atom. The van der Waals surface area contributed by atoms with Crippen LogP contribution in [0.25, 0.3) is 0 Å². The predicted octanol–water partition coefficient (Wildman–Crippen LogP) is 1.82. The van der Waals surface area contributed by atoms with Gasteiger partial charge in [0.25, 0.3) is 0 Å². The van der Waals surface area contributed by atoms with E-state index in [-0.39, 0.29) is 12.1 Å². The first-order valence-electron chi connectivity index (χ1n) is 8.45. The number of amides is 2. The fourth-order valence-corrected chi connectivity index (χ4v) is 3.00. The summed E-state index contributed by atoms with van der Waals surface area (Å²) in [7, 11) is 2.12. The Kier molecular flexibility index (Phi) is 5.48. The monoisotopic (exact) mass is 327 g/mol. The topological polar surface area (TPSA) is 62.2 Å². The molecule has 1 saturated heterocycles. The largest absolute Gasteiger partial charge is 0.335 e. The number of carbonyl (C=O) groups excluding carboxylic acids is 1. The summed E-state index contributed by atoms with van der Waals surface area (Å²) in [4.78, 5) is 18.4. The van der Waals surface area contributed by atoms with Crippen molar-refractivity contribution in [2.75, 3.05) is 20.1 Å². The molecule has 2 heterocycles. The van der Waals surface area contributed by atoms with Gasteiger partial charge in [-0.2, -0.15) is 0 Å². The molecule has 1 aliphatic rings. The number of imidazole rings is 1. The number of carbonyl (C=O) groups is 1. The Morgan fingerprint density at radius 1 is 1.29 bits per heavy atom. The number of piperidine rings is 1. The number of nitrogens with zero attached hydrogens (tertiary/aromatic N) is 3. The minimum absolute atomic E-state index is 0.0791. The summed E-state index contributed by atoms with van der Waals surface area (Å²) in [5.41, 5.74) is 2.30. The SMILES string of the molecule is CN1CCC(NC(=O)NCc2cccc(Cn3ccnc3)c2)CC1. The molecule has 2 amide bonds. The van der Waals surface area contributed by atoms with Crippen LogP contribution in [0, 0.1) is 0 Å². The van der Waals surface area contributed by atoms with Crippen molar-refractivity contribution in [2.45, 2.75) is 32.0 Å². The van der Waals surface area contributed by atoms with Gasteiger partial charge in [-0.3, -0.25) is 0 Å². The first-order chi connectivity index (χ1) is 11.7. The van der Waals surface area contributed by atoms with Gasteiger partial charge < -0.3 is 20.1 Å². The van der Waals surface area contributed by atoms with Crippen molar-refractivity contribution in [3.05, 3.63) is 54.1 Å². The summed E-state index contributed by atoms with van der Waals surface area (Å²) in [5.74, 6) is 0. The van der Waals surface area contributed by atoms with Gasteiger partial charge >= 0.3 is 6.03 Å². The molecule has 128 valence electrons. The lowest BCUT2D eigenvalue weighted by molar-refractivity contribution is 0.213. The lowest BCUT2D eigenvalue weighted by atomic mass is 10.1. The van der Waals surface area contributed by atoms with Crippen LogP contribution in [0.5, 0.6) is 0 Å². The lowest BCUT2D eigenvalue weighted by Gasteiger charge is -2.29. The van der Waals surface area contributed by atoms with Gasteiger partial charge in [-0.15, -0.1) is 0 Å². The molecule has 1 fully saturated rings. The highest BCUT2D eigenvalue weighted by atomic mass is 16.2. The second kappa shape index (κ2) is 7.97. The number of hydrogen-bond acceptors (Lipinski definition) is 3. The number of nitrogens with one attached hydrogen (secondary N) is 2. The van der Waals surface area contributed by atoms with E-state index in [1.54, 1.807) is 12.5 Å². The van der Waals surface area contributed by atoms with Gasteiger partial charge in [0.15, 0.2) is 0 Å². The molecule has 6 heteroatoms. The van der Waals surface area contributed by atoms with E-state index in [0.717, 1.165) is 38.0 Å². The second-order valence-electron chi connectivity index (χ2n) is 6.46. The van der Waals surface area contributed by atoms with Crippen LogP contribution in [-0.2, 0) is 13.1 Å². The van der Waals surface area contributed by atoms with Crippen molar-refractivity contribution >= 4 is 6.03 Å². The van der Waals surface area contributed by atoms with Gasteiger partial charge in [-0.1, -0.05) is 24.3 Å². The number of likely N-dealkylation sites (tertiary alicyclic amines) is 1. The molecule has 2 aromatic rings. The predicted molar refractivity (Wildman–Crippen MR) is 93.7 cm³/mol. The third kappa shape index (κ3) is 4.83. The van der Waals surface area contributed by atoms with Crippen molar-refractivity contribution < 1.29 is 4.79 Å². The zero-order chi connectivity index (χ0) is 16.8. The van der Waals surface area contributed by atoms with E-state index < -0.39 is 0 Å². The van der Waals surface area contributed by atoms with E-state index >= 15 is 0 Å². The molecule has 0 spiro atoms. The van der Waals surface area contributed by atoms with Crippen LogP contribution in [0.3, 0.4) is 0 Å². The molecule has 0 unspecified atom stereocenters. The zero-order valence-electron chi connectivity index (χ0n) is 14.1. The van der Waals surface area contributed by atoms with Gasteiger partial charge in [-0.05, 0) is 44.1 Å². The van der Waals surface area contributed by atoms with Crippen molar-refractivity contribution in [3.63, 3.8) is 0 Å². The van der Waals surface area contributed by atoms with Crippen molar-refractivity contribution in [2.24, 2.45) is 0 Å². The van der Waals surface area contributed by atoms with Crippen LogP contribution in [0.15, 0.2) is 43.0 Å². The van der Waals surface area contributed by atoms with Crippen LogP contribution in [0.1, 0.15) is 24.0 Å². The molecular weight excluding hydrogens is 302 g/mol. The van der Waals surface area contributed by atoms with Crippen molar-refractivity contribution in [1.29, 1.82) is 0 Å². The van der Waals surface area contributed by atoms with Crippen LogP contribution < -0.4 is 10.6 Å². The van der Waals surface area contributed by atoms with Gasteiger partial charge in [0.2, 0.25) is 0 Å². The van der Waals surface area contributed by atoms with Crippen LogP contribution >= 0.6 is 0 Å². The van der Waals surface area contributed by atoms with Crippen LogP contribution in [0.2, 0.25) is 0 Å². The molecule has 1 aromatic heterocycles. The highest BCUT2D eigenvalue weighted by Gasteiger charge is 2.18. The Balaban J connectivity index is 1.46. The number of rotatable bonds is 5. The standard InChI is InChI=1S/C18H25N5O/c1-22-8-5-17(6-9-22)21-18(24)20-12-15-3-2-4-16(11-15)13-23-10-7-19-14-23/h2-4,7,10-11,14,17H,5-6,8-9,12-13H2,1H3,(H2,20,21,24). The van der Waals surface area contributed by atoms with Crippen molar-refractivity contribution in [3.8, 4) is 0 Å². The van der Waals surface area contributed by atoms with Gasteiger partial charge in [-0.25, -0.2) is 9.78 Å². The summed E-state index contributed by atoms with van der Waals surface area (Å²) >= 11 is 0. The summed E-state index contributed by atoms with van der Waals surface area (Å²) in [6.45, 7) is 3.41. The third-order valence-corrected chi connectivity index (χ3v) is 4.42. The molecule has 0 aliphatic carbocycles. The Labute approximate surface area is 142 Å². The first kappa shape index (κ1) is 16.5. The Bertz CT molecular complexity index is 647. The van der Waals surface area contributed by atoms with E-state index in [0.29, 0.717) is 6.54 Å². The second-order valence-corrected chi connectivity index (χ2v) is 6.46. The van der Waals surface area contributed by atoms with Gasteiger partial charge in [0.05, 0.1) is 6.33 Å². The fraction of sp³-hybridized carbons (Fsp3) is 0.444. The number of benzene rings is 1. The molecule has 2 N–H and O–H groups in total. The Morgan fingerprint density at radius 2 is 2.08 bits per heavy atom.